The van der Waals surface area contributed by atoms with E-state index in [0.717, 1.165) is 29.5 Å². The summed E-state index contributed by atoms with van der Waals surface area (Å²) < 4.78 is 0. The van der Waals surface area contributed by atoms with Gasteiger partial charge in [-0.1, -0.05) is 26.7 Å². The normalized spacial score (nSPS) is 26.0. The fourth-order valence-electron chi connectivity index (χ4n) is 4.04. The van der Waals surface area contributed by atoms with Crippen LogP contribution < -0.4 is 4.90 Å². The summed E-state index contributed by atoms with van der Waals surface area (Å²) in [5, 5.41) is 9.55. The van der Waals surface area contributed by atoms with Crippen LogP contribution in [0, 0.1) is 5.92 Å². The van der Waals surface area contributed by atoms with Crippen LogP contribution in [0.2, 0.25) is 0 Å². The van der Waals surface area contributed by atoms with Crippen LogP contribution in [0.25, 0.3) is 0 Å². The molecule has 0 bridgehead atoms. The van der Waals surface area contributed by atoms with Crippen molar-refractivity contribution in [3.63, 3.8) is 0 Å². The van der Waals surface area contributed by atoms with Crippen LogP contribution in [-0.2, 0) is 6.61 Å². The van der Waals surface area contributed by atoms with Gasteiger partial charge >= 0.3 is 0 Å². The van der Waals surface area contributed by atoms with Crippen LogP contribution >= 0.6 is 0 Å². The average molecular weight is 288 g/mol. The zero-order valence-electron chi connectivity index (χ0n) is 13.4. The quantitative estimate of drug-likeness (QED) is 0.917. The Labute approximate surface area is 128 Å². The summed E-state index contributed by atoms with van der Waals surface area (Å²) >= 11 is 0. The minimum absolute atomic E-state index is 0.108. The van der Waals surface area contributed by atoms with Crippen molar-refractivity contribution < 1.29 is 5.11 Å². The first kappa shape index (κ1) is 14.8. The molecule has 1 aromatic rings. The second kappa shape index (κ2) is 6.35. The van der Waals surface area contributed by atoms with Crippen molar-refractivity contribution >= 4 is 5.82 Å². The van der Waals surface area contributed by atoms with Crippen molar-refractivity contribution in [1.29, 1.82) is 0 Å². The molecule has 0 spiro atoms. The van der Waals surface area contributed by atoms with Crippen molar-refractivity contribution in [1.82, 2.24) is 4.98 Å². The van der Waals surface area contributed by atoms with Gasteiger partial charge in [0.1, 0.15) is 5.82 Å². The number of pyridine rings is 1. The number of rotatable bonds is 3. The summed E-state index contributed by atoms with van der Waals surface area (Å²) in [6, 6.07) is 4.83. The van der Waals surface area contributed by atoms with E-state index in [0.29, 0.717) is 12.0 Å². The number of aliphatic hydroxyl groups is 1. The third-order valence-electron chi connectivity index (χ3n) is 5.20. The lowest BCUT2D eigenvalue weighted by molar-refractivity contribution is 0.242. The molecule has 1 saturated heterocycles. The van der Waals surface area contributed by atoms with E-state index in [1.54, 1.807) is 0 Å². The van der Waals surface area contributed by atoms with Gasteiger partial charge in [0, 0.05) is 18.3 Å². The third kappa shape index (κ3) is 3.08. The number of fused-ring (bicyclic) bond motifs is 1. The van der Waals surface area contributed by atoms with Gasteiger partial charge < -0.3 is 10.0 Å². The van der Waals surface area contributed by atoms with Gasteiger partial charge in [-0.15, -0.1) is 0 Å². The number of aromatic nitrogens is 1. The maximum atomic E-state index is 9.55. The Balaban J connectivity index is 1.92. The predicted octanol–water partition coefficient (Wildman–Crippen LogP) is 3.86. The number of piperidine rings is 1. The summed E-state index contributed by atoms with van der Waals surface area (Å²) in [6.07, 6.45) is 8.12. The molecule has 1 aromatic heterocycles. The Bertz CT molecular complexity index is 484. The van der Waals surface area contributed by atoms with E-state index in [1.165, 1.54) is 38.5 Å². The Morgan fingerprint density at radius 2 is 1.95 bits per heavy atom. The van der Waals surface area contributed by atoms with Gasteiger partial charge in [0.25, 0.3) is 0 Å². The summed E-state index contributed by atoms with van der Waals surface area (Å²) in [7, 11) is 0. The first-order valence-corrected chi connectivity index (χ1v) is 8.57. The number of anilines is 1. The highest BCUT2D eigenvalue weighted by Crippen LogP contribution is 2.37. The maximum Gasteiger partial charge on any atom is 0.129 e. The van der Waals surface area contributed by atoms with Crippen LogP contribution in [0.5, 0.6) is 0 Å². The Morgan fingerprint density at radius 3 is 2.71 bits per heavy atom. The van der Waals surface area contributed by atoms with Crippen molar-refractivity contribution in [3.8, 4) is 0 Å². The molecule has 2 fully saturated rings. The van der Waals surface area contributed by atoms with Crippen LogP contribution in [0.15, 0.2) is 12.1 Å². The van der Waals surface area contributed by atoms with E-state index in [2.05, 4.69) is 30.9 Å². The third-order valence-corrected chi connectivity index (χ3v) is 5.20. The van der Waals surface area contributed by atoms with E-state index in [-0.39, 0.29) is 6.61 Å². The van der Waals surface area contributed by atoms with E-state index < -0.39 is 0 Å². The monoisotopic (exact) mass is 288 g/mol. The molecule has 0 amide bonds. The number of aliphatic hydroxyl groups excluding tert-OH is 1. The molecule has 3 heteroatoms. The second-order valence-corrected chi connectivity index (χ2v) is 7.02. The van der Waals surface area contributed by atoms with Gasteiger partial charge in [0.15, 0.2) is 0 Å². The second-order valence-electron chi connectivity index (χ2n) is 7.02. The zero-order chi connectivity index (χ0) is 14.8. The molecule has 2 aliphatic rings. The minimum Gasteiger partial charge on any atom is -0.392 e. The molecule has 21 heavy (non-hydrogen) atoms. The Kier molecular flexibility index (Phi) is 4.48. The predicted molar refractivity (Wildman–Crippen MR) is 86.6 cm³/mol. The molecule has 3 nitrogen and oxygen atoms in total. The van der Waals surface area contributed by atoms with Gasteiger partial charge in [0.05, 0.1) is 6.61 Å². The van der Waals surface area contributed by atoms with Crippen molar-refractivity contribution in [2.45, 2.75) is 70.9 Å². The number of hydrogen-bond acceptors (Lipinski definition) is 3. The molecule has 3 rings (SSSR count). The highest BCUT2D eigenvalue weighted by atomic mass is 16.3. The van der Waals surface area contributed by atoms with E-state index >= 15 is 0 Å². The SMILES string of the molecule is CC(C)c1cc(CO)cc(N2CCCC3CCCCC32)n1. The van der Waals surface area contributed by atoms with Crippen LogP contribution in [0.3, 0.4) is 0 Å². The van der Waals surface area contributed by atoms with Crippen LogP contribution in [0.1, 0.15) is 69.5 Å². The van der Waals surface area contributed by atoms with Gasteiger partial charge in [-0.2, -0.15) is 0 Å². The van der Waals surface area contributed by atoms with E-state index in [4.69, 9.17) is 4.98 Å². The molecule has 2 unspecified atom stereocenters. The van der Waals surface area contributed by atoms with E-state index in [1.807, 2.05) is 0 Å². The van der Waals surface area contributed by atoms with Gasteiger partial charge in [-0.05, 0) is 55.2 Å². The summed E-state index contributed by atoms with van der Waals surface area (Å²) in [4.78, 5) is 7.45. The molecule has 0 aromatic carbocycles. The molecular weight excluding hydrogens is 260 g/mol. The van der Waals surface area contributed by atoms with Crippen molar-refractivity contribution in [3.05, 3.63) is 23.4 Å². The largest absolute Gasteiger partial charge is 0.392 e. The highest BCUT2D eigenvalue weighted by molar-refractivity contribution is 5.45. The fraction of sp³-hybridized carbons (Fsp3) is 0.722. The lowest BCUT2D eigenvalue weighted by atomic mass is 9.78. The average Bonchev–Trinajstić information content (AvgIpc) is 2.53. The van der Waals surface area contributed by atoms with Gasteiger partial charge in [0.2, 0.25) is 0 Å². The summed E-state index contributed by atoms with van der Waals surface area (Å²) in [6.45, 7) is 5.58. The lowest BCUT2D eigenvalue weighted by Gasteiger charge is -2.45. The maximum absolute atomic E-state index is 9.55. The molecule has 1 saturated carbocycles. The van der Waals surface area contributed by atoms with Gasteiger partial charge in [-0.25, -0.2) is 4.98 Å². The summed E-state index contributed by atoms with van der Waals surface area (Å²) in [5.74, 6) is 2.36. The Hall–Kier alpha value is -1.09. The van der Waals surface area contributed by atoms with Crippen LogP contribution in [-0.4, -0.2) is 22.7 Å². The molecule has 2 atom stereocenters. The molecule has 1 aliphatic heterocycles. The minimum atomic E-state index is 0.108. The molecular formula is C18H28N2O. The first-order chi connectivity index (χ1) is 10.2. The highest BCUT2D eigenvalue weighted by Gasteiger charge is 2.34. The number of nitrogens with zero attached hydrogens (tertiary/aromatic N) is 2. The van der Waals surface area contributed by atoms with Crippen LogP contribution in [0.4, 0.5) is 5.82 Å². The fourth-order valence-corrected chi connectivity index (χ4v) is 4.04. The molecule has 1 N–H and O–H groups in total. The lowest BCUT2D eigenvalue weighted by Crippen LogP contribution is -2.47. The Morgan fingerprint density at radius 1 is 1.19 bits per heavy atom. The van der Waals surface area contributed by atoms with E-state index in [9.17, 15) is 5.11 Å². The smallest absolute Gasteiger partial charge is 0.129 e. The topological polar surface area (TPSA) is 36.4 Å². The molecule has 116 valence electrons. The number of hydrogen-bond donors (Lipinski definition) is 1. The zero-order valence-corrected chi connectivity index (χ0v) is 13.4. The first-order valence-electron chi connectivity index (χ1n) is 8.57. The van der Waals surface area contributed by atoms with Gasteiger partial charge in [-0.3, -0.25) is 0 Å². The van der Waals surface area contributed by atoms with Crippen molar-refractivity contribution in [2.75, 3.05) is 11.4 Å². The molecule has 2 heterocycles. The molecule has 1 aliphatic carbocycles. The summed E-state index contributed by atoms with van der Waals surface area (Å²) in [5.41, 5.74) is 2.11. The molecule has 0 radical (unpaired) electrons. The van der Waals surface area contributed by atoms with Crippen molar-refractivity contribution in [2.24, 2.45) is 5.92 Å². The standard InChI is InChI=1S/C18H28N2O/c1-13(2)16-10-14(12-21)11-18(19-16)20-9-5-7-15-6-3-4-8-17(15)20/h10-11,13,15,17,21H,3-9,12H2,1-2H3.